The van der Waals surface area contributed by atoms with Gasteiger partial charge in [0.05, 0.1) is 6.04 Å². The normalized spacial score (nSPS) is 21.1. The Labute approximate surface area is 123 Å². The zero-order valence-corrected chi connectivity index (χ0v) is 12.5. The molecule has 1 aromatic heterocycles. The molecule has 3 rings (SSSR count). The van der Waals surface area contributed by atoms with E-state index in [1.807, 2.05) is 23.9 Å². The molecule has 2 fully saturated rings. The Morgan fingerprint density at radius 3 is 2.81 bits per heavy atom. The highest BCUT2D eigenvalue weighted by Crippen LogP contribution is 2.20. The number of carbonyl (C=O) groups excluding carboxylic acids is 1. The number of amides is 2. The first kappa shape index (κ1) is 13.7. The summed E-state index contributed by atoms with van der Waals surface area (Å²) in [5, 5.41) is 5.83. The number of fused-ring (bicyclic) bond motifs is 1. The van der Waals surface area contributed by atoms with E-state index < -0.39 is 0 Å². The van der Waals surface area contributed by atoms with Crippen LogP contribution in [0.4, 0.5) is 22.6 Å². The van der Waals surface area contributed by atoms with Gasteiger partial charge in [-0.1, -0.05) is 0 Å². The van der Waals surface area contributed by atoms with Gasteiger partial charge >= 0.3 is 6.03 Å². The van der Waals surface area contributed by atoms with E-state index in [0.717, 1.165) is 13.1 Å². The molecule has 3 heterocycles. The Bertz CT molecular complexity index is 548. The third-order valence-electron chi connectivity index (χ3n) is 3.75. The van der Waals surface area contributed by atoms with E-state index in [0.29, 0.717) is 30.9 Å². The van der Waals surface area contributed by atoms with Gasteiger partial charge in [0.15, 0.2) is 0 Å². The van der Waals surface area contributed by atoms with Crippen molar-refractivity contribution in [2.75, 3.05) is 62.4 Å². The first-order valence-electron chi connectivity index (χ1n) is 6.99. The van der Waals surface area contributed by atoms with Gasteiger partial charge in [-0.25, -0.2) is 4.79 Å². The van der Waals surface area contributed by atoms with Gasteiger partial charge in [-0.3, -0.25) is 0 Å². The number of carbonyl (C=O) groups is 1. The van der Waals surface area contributed by atoms with Gasteiger partial charge in [0.2, 0.25) is 17.8 Å². The lowest BCUT2D eigenvalue weighted by Gasteiger charge is -2.36. The predicted octanol–water partition coefficient (Wildman–Crippen LogP) is -0.807. The molecule has 0 aromatic carbocycles. The third-order valence-corrected chi connectivity index (χ3v) is 3.75. The maximum atomic E-state index is 11.6. The van der Waals surface area contributed by atoms with E-state index in [4.69, 9.17) is 0 Å². The molecule has 9 heteroatoms. The molecule has 0 saturated carbocycles. The zero-order valence-electron chi connectivity index (χ0n) is 12.5. The van der Waals surface area contributed by atoms with Crippen molar-refractivity contribution >= 4 is 23.9 Å². The van der Waals surface area contributed by atoms with Crippen LogP contribution in [-0.2, 0) is 0 Å². The number of urea groups is 1. The summed E-state index contributed by atoms with van der Waals surface area (Å²) in [6.07, 6.45) is 0. The van der Waals surface area contributed by atoms with E-state index in [9.17, 15) is 4.79 Å². The van der Waals surface area contributed by atoms with Crippen LogP contribution in [-0.4, -0.2) is 79.2 Å². The fourth-order valence-electron chi connectivity index (χ4n) is 2.59. The number of anilines is 3. The second kappa shape index (κ2) is 5.23. The molecular weight excluding hydrogens is 272 g/mol. The van der Waals surface area contributed by atoms with Crippen molar-refractivity contribution in [3.8, 4) is 0 Å². The molecule has 0 aliphatic carbocycles. The van der Waals surface area contributed by atoms with Crippen LogP contribution < -0.4 is 20.4 Å². The van der Waals surface area contributed by atoms with Crippen molar-refractivity contribution in [3.05, 3.63) is 0 Å². The molecule has 9 nitrogen and oxygen atoms in total. The summed E-state index contributed by atoms with van der Waals surface area (Å²) < 4.78 is 0. The summed E-state index contributed by atoms with van der Waals surface area (Å²) in [4.78, 5) is 30.7. The predicted molar refractivity (Wildman–Crippen MR) is 79.8 cm³/mol. The Balaban J connectivity index is 1.83. The van der Waals surface area contributed by atoms with E-state index >= 15 is 0 Å². The van der Waals surface area contributed by atoms with Crippen molar-refractivity contribution in [2.45, 2.75) is 6.04 Å². The van der Waals surface area contributed by atoms with Gasteiger partial charge in [0.25, 0.3) is 0 Å². The fraction of sp³-hybridized carbons (Fsp3) is 0.667. The molecule has 0 spiro atoms. The second-order valence-electron chi connectivity index (χ2n) is 5.38. The van der Waals surface area contributed by atoms with Crippen LogP contribution in [0.5, 0.6) is 0 Å². The average Bonchev–Trinajstić information content (AvgIpc) is 2.87. The number of aromatic nitrogens is 3. The second-order valence-corrected chi connectivity index (χ2v) is 5.38. The van der Waals surface area contributed by atoms with E-state index in [2.05, 4.69) is 30.5 Å². The Hall–Kier alpha value is -2.32. The number of nitrogens with one attached hydrogen (secondary N) is 2. The topological polar surface area (TPSA) is 89.5 Å². The molecule has 2 aliphatic rings. The van der Waals surface area contributed by atoms with Crippen molar-refractivity contribution in [3.63, 3.8) is 0 Å². The minimum Gasteiger partial charge on any atom is -0.357 e. The minimum absolute atomic E-state index is 0.0280. The molecule has 1 unspecified atom stereocenters. The van der Waals surface area contributed by atoms with Crippen molar-refractivity contribution in [1.29, 1.82) is 0 Å². The molecule has 2 N–H and O–H groups in total. The summed E-state index contributed by atoms with van der Waals surface area (Å²) in [6, 6.07) is 0.212. The van der Waals surface area contributed by atoms with Gasteiger partial charge in [0, 0.05) is 47.3 Å². The van der Waals surface area contributed by atoms with E-state index in [-0.39, 0.29) is 12.1 Å². The Kier molecular flexibility index (Phi) is 3.40. The van der Waals surface area contributed by atoms with E-state index in [1.54, 1.807) is 7.05 Å². The lowest BCUT2D eigenvalue weighted by molar-refractivity contribution is 0.197. The van der Waals surface area contributed by atoms with Crippen LogP contribution >= 0.6 is 0 Å². The Morgan fingerprint density at radius 2 is 2.10 bits per heavy atom. The number of hydrogen-bond donors (Lipinski definition) is 2. The van der Waals surface area contributed by atoms with Crippen LogP contribution in [0.3, 0.4) is 0 Å². The van der Waals surface area contributed by atoms with Crippen LogP contribution in [0.25, 0.3) is 0 Å². The first-order chi connectivity index (χ1) is 10.1. The summed E-state index contributed by atoms with van der Waals surface area (Å²) in [6.45, 7) is 2.83. The lowest BCUT2D eigenvalue weighted by atomic mass is 10.2. The molecule has 21 heavy (non-hydrogen) atoms. The monoisotopic (exact) mass is 292 g/mol. The lowest BCUT2D eigenvalue weighted by Crippen LogP contribution is -2.52. The highest BCUT2D eigenvalue weighted by molar-refractivity contribution is 5.77. The number of piperazine rings is 1. The van der Waals surface area contributed by atoms with Crippen LogP contribution in [0.1, 0.15) is 0 Å². The molecule has 0 bridgehead atoms. The summed E-state index contributed by atoms with van der Waals surface area (Å²) in [5.41, 5.74) is 0. The van der Waals surface area contributed by atoms with Gasteiger partial charge < -0.3 is 25.3 Å². The molecule has 1 aromatic rings. The standard InChI is InChI=1S/C12H20N8O/c1-13-9-15-10(18(2)3)17-11(16-9)19-4-5-20-8(7-19)6-14-12(20)21/h8H,4-7H2,1-3H3,(H,14,21)(H,13,15,16,17). The van der Waals surface area contributed by atoms with Gasteiger partial charge in [0.1, 0.15) is 0 Å². The summed E-state index contributed by atoms with van der Waals surface area (Å²) in [5.74, 6) is 1.82. The van der Waals surface area contributed by atoms with E-state index in [1.165, 1.54) is 0 Å². The quantitative estimate of drug-likeness (QED) is 0.753. The maximum absolute atomic E-state index is 11.6. The first-order valence-corrected chi connectivity index (χ1v) is 6.99. The fourth-order valence-corrected chi connectivity index (χ4v) is 2.59. The number of hydrogen-bond acceptors (Lipinski definition) is 7. The van der Waals surface area contributed by atoms with Crippen molar-refractivity contribution in [2.24, 2.45) is 0 Å². The summed E-state index contributed by atoms with van der Waals surface area (Å²) >= 11 is 0. The molecule has 114 valence electrons. The minimum atomic E-state index is 0.0280. The van der Waals surface area contributed by atoms with Crippen LogP contribution in [0.2, 0.25) is 0 Å². The van der Waals surface area contributed by atoms with Gasteiger partial charge in [-0.2, -0.15) is 15.0 Å². The average molecular weight is 292 g/mol. The smallest absolute Gasteiger partial charge is 0.317 e. The maximum Gasteiger partial charge on any atom is 0.317 e. The SMILES string of the molecule is CNc1nc(N(C)C)nc(N2CCN3C(=O)NCC3C2)n1. The highest BCUT2D eigenvalue weighted by Gasteiger charge is 2.36. The molecule has 2 aliphatic heterocycles. The van der Waals surface area contributed by atoms with Crippen molar-refractivity contribution < 1.29 is 4.79 Å². The van der Waals surface area contributed by atoms with Crippen LogP contribution in [0.15, 0.2) is 0 Å². The third kappa shape index (κ3) is 2.50. The van der Waals surface area contributed by atoms with Crippen LogP contribution in [0, 0.1) is 0 Å². The summed E-state index contributed by atoms with van der Waals surface area (Å²) in [7, 11) is 5.59. The van der Waals surface area contributed by atoms with Crippen molar-refractivity contribution in [1.82, 2.24) is 25.2 Å². The molecular formula is C12H20N8O. The Morgan fingerprint density at radius 1 is 1.29 bits per heavy atom. The number of rotatable bonds is 3. The highest BCUT2D eigenvalue weighted by atomic mass is 16.2. The molecule has 0 radical (unpaired) electrons. The molecule has 2 saturated heterocycles. The van der Waals surface area contributed by atoms with Gasteiger partial charge in [-0.15, -0.1) is 0 Å². The van der Waals surface area contributed by atoms with Gasteiger partial charge in [-0.05, 0) is 0 Å². The molecule has 1 atom stereocenters. The largest absolute Gasteiger partial charge is 0.357 e. The zero-order chi connectivity index (χ0) is 15.0. The molecule has 2 amide bonds. The number of nitrogens with zero attached hydrogens (tertiary/aromatic N) is 6.